The first-order valence-corrected chi connectivity index (χ1v) is 11.8. The number of nitro groups is 1. The lowest BCUT2D eigenvalue weighted by Crippen LogP contribution is -2.31. The third-order valence-electron chi connectivity index (χ3n) is 5.76. The van der Waals surface area contributed by atoms with Crippen LogP contribution in [-0.4, -0.2) is 46.6 Å². The summed E-state index contributed by atoms with van der Waals surface area (Å²) in [4.78, 5) is 29.7. The molecule has 0 aliphatic heterocycles. The summed E-state index contributed by atoms with van der Waals surface area (Å²) < 4.78 is 16.1. The molecule has 4 rings (SSSR count). The number of benzene rings is 3. The van der Waals surface area contributed by atoms with Crippen molar-refractivity contribution in [1.82, 2.24) is 15.0 Å². The highest BCUT2D eigenvalue weighted by atomic mass is 16.6. The van der Waals surface area contributed by atoms with Crippen LogP contribution in [0.1, 0.15) is 17.0 Å². The van der Waals surface area contributed by atoms with Gasteiger partial charge < -0.3 is 18.9 Å². The highest BCUT2D eigenvalue weighted by Gasteiger charge is 2.16. The minimum Gasteiger partial charge on any atom is -0.493 e. The Hall–Kier alpha value is -4.99. The van der Waals surface area contributed by atoms with Crippen molar-refractivity contribution in [3.63, 3.8) is 0 Å². The first-order valence-electron chi connectivity index (χ1n) is 11.8. The number of carbonyl (C=O) groups excluding carboxylic acids is 1. The molecule has 0 aliphatic carbocycles. The zero-order valence-electron chi connectivity index (χ0n) is 20.9. The highest BCUT2D eigenvalue weighted by Crippen LogP contribution is 2.31. The number of non-ortho nitro benzene ring substituents is 1. The van der Waals surface area contributed by atoms with Crippen molar-refractivity contribution in [2.24, 2.45) is 0 Å². The van der Waals surface area contributed by atoms with Gasteiger partial charge in [0.2, 0.25) is 17.6 Å². The third kappa shape index (κ3) is 6.61. The molecule has 10 heteroatoms. The summed E-state index contributed by atoms with van der Waals surface area (Å²) in [6.07, 6.45) is 3.43. The van der Waals surface area contributed by atoms with Gasteiger partial charge in [0.15, 0.2) is 11.5 Å². The molecule has 0 N–H and O–H groups in total. The number of hydrogen-bond donors (Lipinski definition) is 0. The standard InChI is InChI=1S/C28H26N4O6/c1-36-24-14-11-22(18-25(24)37-2)28-29-26(38-30-28)16-17-31(19-21-6-4-3-5-7-21)27(33)15-10-20-8-12-23(13-9-20)32(34)35/h3-15,18H,16-17,19H2,1-2H3/b15-10+. The zero-order chi connectivity index (χ0) is 26.9. The normalized spacial score (nSPS) is 10.9. The summed E-state index contributed by atoms with van der Waals surface area (Å²) in [7, 11) is 3.12. The fraction of sp³-hybridized carbons (Fsp3) is 0.179. The topological polar surface area (TPSA) is 121 Å². The average molecular weight is 515 g/mol. The molecule has 0 saturated carbocycles. The van der Waals surface area contributed by atoms with Gasteiger partial charge in [0.05, 0.1) is 19.1 Å². The second-order valence-electron chi connectivity index (χ2n) is 8.26. The number of amides is 1. The second-order valence-corrected chi connectivity index (χ2v) is 8.26. The molecule has 1 amide bonds. The fourth-order valence-electron chi connectivity index (χ4n) is 3.73. The molecule has 10 nitrogen and oxygen atoms in total. The predicted molar refractivity (Wildman–Crippen MR) is 141 cm³/mol. The van der Waals surface area contributed by atoms with Crippen LogP contribution in [0.25, 0.3) is 17.5 Å². The summed E-state index contributed by atoms with van der Waals surface area (Å²) in [6, 6.07) is 21.0. The lowest BCUT2D eigenvalue weighted by Gasteiger charge is -2.20. The summed E-state index contributed by atoms with van der Waals surface area (Å²) in [6.45, 7) is 0.729. The number of rotatable bonds is 11. The SMILES string of the molecule is COc1ccc(-c2noc(CCN(Cc3ccccc3)C(=O)/C=C/c3ccc([N+](=O)[O-])cc3)n2)cc1OC. The minimum atomic E-state index is -0.464. The van der Waals surface area contributed by atoms with E-state index in [4.69, 9.17) is 14.0 Å². The summed E-state index contributed by atoms with van der Waals surface area (Å²) in [5.74, 6) is 1.72. The molecule has 194 valence electrons. The van der Waals surface area contributed by atoms with Crippen LogP contribution in [-0.2, 0) is 17.8 Å². The molecule has 3 aromatic carbocycles. The van der Waals surface area contributed by atoms with E-state index in [0.717, 1.165) is 5.56 Å². The Morgan fingerprint density at radius 1 is 1.03 bits per heavy atom. The highest BCUT2D eigenvalue weighted by molar-refractivity contribution is 5.91. The van der Waals surface area contributed by atoms with Gasteiger partial charge in [-0.15, -0.1) is 0 Å². The lowest BCUT2D eigenvalue weighted by molar-refractivity contribution is -0.384. The van der Waals surface area contributed by atoms with E-state index in [1.54, 1.807) is 49.5 Å². The smallest absolute Gasteiger partial charge is 0.269 e. The molecule has 1 heterocycles. The van der Waals surface area contributed by atoms with Gasteiger partial charge >= 0.3 is 0 Å². The van der Waals surface area contributed by atoms with Crippen molar-refractivity contribution >= 4 is 17.7 Å². The average Bonchev–Trinajstić information content (AvgIpc) is 3.43. The van der Waals surface area contributed by atoms with Gasteiger partial charge in [-0.05, 0) is 47.5 Å². The Morgan fingerprint density at radius 2 is 1.76 bits per heavy atom. The van der Waals surface area contributed by atoms with Crippen LogP contribution in [0.4, 0.5) is 5.69 Å². The van der Waals surface area contributed by atoms with Crippen LogP contribution < -0.4 is 9.47 Å². The summed E-state index contributed by atoms with van der Waals surface area (Å²) in [5.41, 5.74) is 2.35. The van der Waals surface area contributed by atoms with Crippen molar-refractivity contribution in [2.45, 2.75) is 13.0 Å². The summed E-state index contributed by atoms with van der Waals surface area (Å²) >= 11 is 0. The van der Waals surface area contributed by atoms with E-state index in [9.17, 15) is 14.9 Å². The van der Waals surface area contributed by atoms with E-state index in [2.05, 4.69) is 10.1 Å². The largest absolute Gasteiger partial charge is 0.493 e. The Balaban J connectivity index is 1.47. The van der Waals surface area contributed by atoms with Gasteiger partial charge in [-0.25, -0.2) is 0 Å². The van der Waals surface area contributed by atoms with Gasteiger partial charge in [-0.1, -0.05) is 35.5 Å². The Bertz CT molecular complexity index is 1420. The predicted octanol–water partition coefficient (Wildman–Crippen LogP) is 4.95. The molecule has 0 bridgehead atoms. The fourth-order valence-corrected chi connectivity index (χ4v) is 3.73. The molecule has 0 atom stereocenters. The molecule has 4 aromatic rings. The zero-order valence-corrected chi connectivity index (χ0v) is 20.9. The van der Waals surface area contributed by atoms with Crippen molar-refractivity contribution in [1.29, 1.82) is 0 Å². The van der Waals surface area contributed by atoms with E-state index >= 15 is 0 Å². The minimum absolute atomic E-state index is 0.00816. The molecule has 38 heavy (non-hydrogen) atoms. The van der Waals surface area contributed by atoms with E-state index in [1.165, 1.54) is 18.2 Å². The lowest BCUT2D eigenvalue weighted by atomic mass is 10.1. The van der Waals surface area contributed by atoms with E-state index in [-0.39, 0.29) is 11.6 Å². The number of ether oxygens (including phenoxy) is 2. The molecule has 0 fully saturated rings. The third-order valence-corrected chi connectivity index (χ3v) is 5.76. The van der Waals surface area contributed by atoms with Crippen LogP contribution in [0.3, 0.4) is 0 Å². The van der Waals surface area contributed by atoms with Gasteiger partial charge in [0.1, 0.15) is 0 Å². The molecular formula is C28H26N4O6. The molecule has 0 unspecified atom stereocenters. The Kier molecular flexibility index (Phi) is 8.45. The maximum Gasteiger partial charge on any atom is 0.269 e. The van der Waals surface area contributed by atoms with Crippen LogP contribution >= 0.6 is 0 Å². The van der Waals surface area contributed by atoms with Crippen LogP contribution in [0.5, 0.6) is 11.5 Å². The number of aromatic nitrogens is 2. The first-order chi connectivity index (χ1) is 18.5. The van der Waals surface area contributed by atoms with Gasteiger partial charge in [0.25, 0.3) is 5.69 Å². The van der Waals surface area contributed by atoms with E-state index in [1.807, 2.05) is 36.4 Å². The van der Waals surface area contributed by atoms with Gasteiger partial charge in [-0.3, -0.25) is 14.9 Å². The number of nitro benzene ring substituents is 1. The van der Waals surface area contributed by atoms with E-state index < -0.39 is 4.92 Å². The Labute approximate surface area is 219 Å². The maximum absolute atomic E-state index is 13.1. The molecule has 0 spiro atoms. The van der Waals surface area contributed by atoms with Crippen LogP contribution in [0.15, 0.2) is 83.4 Å². The monoisotopic (exact) mass is 514 g/mol. The number of nitrogens with zero attached hydrogens (tertiary/aromatic N) is 4. The molecule has 0 aliphatic rings. The maximum atomic E-state index is 13.1. The van der Waals surface area contributed by atoms with Gasteiger partial charge in [0, 0.05) is 43.3 Å². The Morgan fingerprint density at radius 3 is 2.45 bits per heavy atom. The molecular weight excluding hydrogens is 488 g/mol. The van der Waals surface area contributed by atoms with Crippen molar-refractivity contribution in [3.8, 4) is 22.9 Å². The second kappa shape index (κ2) is 12.3. The van der Waals surface area contributed by atoms with Crippen molar-refractivity contribution in [3.05, 3.63) is 106 Å². The quantitative estimate of drug-likeness (QED) is 0.157. The van der Waals surface area contributed by atoms with Crippen molar-refractivity contribution < 1.29 is 23.7 Å². The molecule has 0 saturated heterocycles. The molecule has 0 radical (unpaired) electrons. The molecule has 1 aromatic heterocycles. The van der Waals surface area contributed by atoms with Crippen LogP contribution in [0, 0.1) is 10.1 Å². The summed E-state index contributed by atoms with van der Waals surface area (Å²) in [5, 5.41) is 14.9. The van der Waals surface area contributed by atoms with Gasteiger partial charge in [-0.2, -0.15) is 4.98 Å². The number of hydrogen-bond acceptors (Lipinski definition) is 8. The first kappa shape index (κ1) is 26.1. The van der Waals surface area contributed by atoms with Crippen molar-refractivity contribution in [2.75, 3.05) is 20.8 Å². The van der Waals surface area contributed by atoms with E-state index in [0.29, 0.717) is 53.9 Å². The number of carbonyl (C=O) groups is 1. The van der Waals surface area contributed by atoms with Crippen LogP contribution in [0.2, 0.25) is 0 Å². The number of methoxy groups -OCH3 is 2.